The summed E-state index contributed by atoms with van der Waals surface area (Å²) in [7, 11) is 0. The van der Waals surface area contributed by atoms with E-state index in [1.165, 1.54) is 0 Å². The van der Waals surface area contributed by atoms with Gasteiger partial charge < -0.3 is 38.3 Å². The smallest absolute Gasteiger partial charge is 0 e. The molecule has 76 valence electrons. The molecule has 0 unspecified atom stereocenters. The van der Waals surface area contributed by atoms with E-state index in [1.807, 2.05) is 0 Å². The third kappa shape index (κ3) is 92.7. The van der Waals surface area contributed by atoms with Crippen molar-refractivity contribution in [1.82, 2.24) is 0 Å². The second-order valence-electron chi connectivity index (χ2n) is 0. The maximum absolute atomic E-state index is 0. The van der Waals surface area contributed by atoms with Gasteiger partial charge in [-0.1, -0.05) is 0 Å². The maximum Gasteiger partial charge on any atom is 0 e. The summed E-state index contributed by atoms with van der Waals surface area (Å²) in [6, 6.07) is 0. The van der Waals surface area contributed by atoms with Crippen LogP contribution in [-0.4, -0.2) is 38.3 Å². The summed E-state index contributed by atoms with van der Waals surface area (Å²) in [6.07, 6.45) is 0. The summed E-state index contributed by atoms with van der Waals surface area (Å²) >= 11 is 0. The molecule has 0 aliphatic carbocycles. The molecule has 12 heavy (non-hydrogen) atoms. The van der Waals surface area contributed by atoms with Crippen LogP contribution in [0.15, 0.2) is 0 Å². The minimum Gasteiger partial charge on any atom is -0.412 e. The van der Waals surface area contributed by atoms with Crippen molar-refractivity contribution in [2.75, 3.05) is 0 Å². The molecule has 0 saturated heterocycles. The Bertz CT molecular complexity index is 11.8. The third-order valence-electron chi connectivity index (χ3n) is 0. The Morgan fingerprint density at radius 2 is 0.167 bits per heavy atom. The van der Waals surface area contributed by atoms with Gasteiger partial charge >= 0.3 is 0 Å². The molecular formula is H14Ce5O7. The van der Waals surface area contributed by atoms with Crippen LogP contribution in [0.4, 0.5) is 0 Å². The normalized spacial score (nSPS) is 0. The van der Waals surface area contributed by atoms with E-state index in [-0.39, 0.29) is 247 Å². The third-order valence-corrected chi connectivity index (χ3v) is 0. The summed E-state index contributed by atoms with van der Waals surface area (Å²) in [4.78, 5) is 0. The van der Waals surface area contributed by atoms with Crippen molar-refractivity contribution in [2.45, 2.75) is 0 Å². The fourth-order valence-corrected chi connectivity index (χ4v) is 0. The molecule has 12 heteroatoms. The fraction of sp³-hybridized carbons (Fsp3) is 0. The first-order chi connectivity index (χ1) is 0. The molecule has 14 N–H and O–H groups in total. The van der Waals surface area contributed by atoms with Crippen LogP contribution >= 0.6 is 0 Å². The van der Waals surface area contributed by atoms with E-state index in [9.17, 15) is 0 Å². The Kier molecular flexibility index (Phi) is 1230. The van der Waals surface area contributed by atoms with Crippen molar-refractivity contribution >= 4 is 0 Å². The molecule has 0 aliphatic rings. The molecule has 0 aromatic rings. The zero-order valence-corrected chi connectivity index (χ0v) is 21.7. The van der Waals surface area contributed by atoms with Crippen LogP contribution in [0.3, 0.4) is 0 Å². The molecule has 0 atom stereocenters. The van der Waals surface area contributed by atoms with Gasteiger partial charge in [0.15, 0.2) is 0 Å². The van der Waals surface area contributed by atoms with E-state index >= 15 is 0 Å². The summed E-state index contributed by atoms with van der Waals surface area (Å²) in [5.74, 6) is 0. The van der Waals surface area contributed by atoms with Gasteiger partial charge in [0.05, 0.1) is 0 Å². The van der Waals surface area contributed by atoms with Gasteiger partial charge in [0.1, 0.15) is 0 Å². The molecule has 0 radical (unpaired) electrons. The first kappa shape index (κ1) is 132. The van der Waals surface area contributed by atoms with E-state index in [0.717, 1.165) is 0 Å². The minimum absolute atomic E-state index is 0. The molecule has 0 saturated carbocycles. The van der Waals surface area contributed by atoms with Crippen LogP contribution in [0.5, 0.6) is 0 Å². The van der Waals surface area contributed by atoms with Gasteiger partial charge in [0.25, 0.3) is 0 Å². The van der Waals surface area contributed by atoms with E-state index < -0.39 is 0 Å². The van der Waals surface area contributed by atoms with Gasteiger partial charge in [-0.15, -0.1) is 0 Å². The van der Waals surface area contributed by atoms with Crippen molar-refractivity contribution in [3.8, 4) is 0 Å². The summed E-state index contributed by atoms with van der Waals surface area (Å²) in [6.45, 7) is 0. The second-order valence-corrected chi connectivity index (χ2v) is 0. The molecule has 0 amide bonds. The molecule has 0 aliphatic heterocycles. The summed E-state index contributed by atoms with van der Waals surface area (Å²) in [5, 5.41) is 0. The molecule has 0 rings (SSSR count). The van der Waals surface area contributed by atoms with E-state index in [0.29, 0.717) is 0 Å². The SMILES string of the molecule is O.O.O.O.O.O.O.[Ce].[Ce].[Ce].[Ce].[Ce]. The topological polar surface area (TPSA) is 220 Å². The molecule has 0 bridgehead atoms. The van der Waals surface area contributed by atoms with Crippen molar-refractivity contribution in [1.29, 1.82) is 0 Å². The standard InChI is InChI=1S/5Ce.7H2O/h;;;;;7*1H2. The Balaban J connectivity index is 0. The van der Waals surface area contributed by atoms with Crippen LogP contribution in [0, 0.1) is 209 Å². The average molecular weight is 827 g/mol. The summed E-state index contributed by atoms with van der Waals surface area (Å²) in [5.41, 5.74) is 0. The van der Waals surface area contributed by atoms with Crippen molar-refractivity contribution in [2.24, 2.45) is 0 Å². The van der Waals surface area contributed by atoms with Gasteiger partial charge in [-0.25, -0.2) is 0 Å². The van der Waals surface area contributed by atoms with Crippen LogP contribution in [0.25, 0.3) is 0 Å². The molecule has 0 heterocycles. The quantitative estimate of drug-likeness (QED) is 0.223. The Morgan fingerprint density at radius 3 is 0.167 bits per heavy atom. The largest absolute Gasteiger partial charge is 0.412 e. The zero-order valence-electron chi connectivity index (χ0n) is 6.00. The van der Waals surface area contributed by atoms with Crippen LogP contribution in [0.1, 0.15) is 0 Å². The number of hydrogen-bond donors (Lipinski definition) is 0. The number of rotatable bonds is 0. The zero-order chi connectivity index (χ0) is 0. The second kappa shape index (κ2) is 111. The van der Waals surface area contributed by atoms with Crippen LogP contribution in [-0.2, 0) is 0 Å². The van der Waals surface area contributed by atoms with E-state index in [2.05, 4.69) is 0 Å². The molecule has 0 fully saturated rings. The Morgan fingerprint density at radius 1 is 0.167 bits per heavy atom. The van der Waals surface area contributed by atoms with E-state index in [1.54, 1.807) is 0 Å². The van der Waals surface area contributed by atoms with Gasteiger partial charge in [-0.2, -0.15) is 0 Å². The van der Waals surface area contributed by atoms with Gasteiger partial charge in [-0.3, -0.25) is 0 Å². The minimum atomic E-state index is 0. The van der Waals surface area contributed by atoms with E-state index in [4.69, 9.17) is 0 Å². The maximum atomic E-state index is 0. The molecule has 7 nitrogen and oxygen atoms in total. The van der Waals surface area contributed by atoms with Crippen molar-refractivity contribution < 1.29 is 247 Å². The number of hydrogen-bond acceptors (Lipinski definition) is 0. The fourth-order valence-electron chi connectivity index (χ4n) is 0. The van der Waals surface area contributed by atoms with Crippen LogP contribution in [0.2, 0.25) is 0 Å². The van der Waals surface area contributed by atoms with Crippen molar-refractivity contribution in [3.63, 3.8) is 0 Å². The van der Waals surface area contributed by atoms with Crippen LogP contribution < -0.4 is 0 Å². The molecule has 0 aromatic heterocycles. The first-order valence-electron chi connectivity index (χ1n) is 0. The van der Waals surface area contributed by atoms with Gasteiger partial charge in [0, 0.05) is 209 Å². The predicted molar refractivity (Wildman–Crippen MR) is 25.3 cm³/mol. The average Bonchev–Trinajstić information content (AvgIpc) is 0. The summed E-state index contributed by atoms with van der Waals surface area (Å²) < 4.78 is 0. The predicted octanol–water partition coefficient (Wildman–Crippen LogP) is -5.77. The molecular weight excluding hydrogens is 813 g/mol. The Labute approximate surface area is 239 Å². The Hall–Kier alpha value is 6.60. The van der Waals surface area contributed by atoms with Gasteiger partial charge in [-0.05, 0) is 0 Å². The monoisotopic (exact) mass is 826 g/mol. The molecule has 0 spiro atoms. The first-order valence-corrected chi connectivity index (χ1v) is 0. The van der Waals surface area contributed by atoms with Crippen molar-refractivity contribution in [3.05, 3.63) is 0 Å². The van der Waals surface area contributed by atoms with Gasteiger partial charge in [0.2, 0.25) is 0 Å². The molecule has 0 aromatic carbocycles.